The first-order valence-electron chi connectivity index (χ1n) is 8.16. The lowest BCUT2D eigenvalue weighted by Gasteiger charge is -2.37. The Bertz CT molecular complexity index is 579. The van der Waals surface area contributed by atoms with Crippen molar-refractivity contribution < 1.29 is 4.92 Å². The van der Waals surface area contributed by atoms with Crippen LogP contribution in [0.5, 0.6) is 0 Å². The molecule has 1 N–H and O–H groups in total. The molecule has 0 aliphatic carbocycles. The fourth-order valence-corrected chi connectivity index (χ4v) is 3.98. The molecule has 0 amide bonds. The van der Waals surface area contributed by atoms with Crippen molar-refractivity contribution in [3.8, 4) is 0 Å². The first-order chi connectivity index (χ1) is 10.4. The zero-order valence-corrected chi connectivity index (χ0v) is 13.6. The molecule has 0 bridgehead atoms. The number of piperidine rings is 1. The van der Waals surface area contributed by atoms with Gasteiger partial charge in [0.25, 0.3) is 5.69 Å². The van der Waals surface area contributed by atoms with Gasteiger partial charge in [0, 0.05) is 35.8 Å². The second-order valence-corrected chi connectivity index (χ2v) is 7.30. The summed E-state index contributed by atoms with van der Waals surface area (Å²) in [5.41, 5.74) is 2.54. The Morgan fingerprint density at radius 3 is 2.68 bits per heavy atom. The van der Waals surface area contributed by atoms with Crippen LogP contribution in [0.2, 0.25) is 0 Å². The molecule has 2 aliphatic heterocycles. The van der Waals surface area contributed by atoms with Gasteiger partial charge in [-0.3, -0.25) is 10.1 Å². The van der Waals surface area contributed by atoms with E-state index in [1.54, 1.807) is 12.1 Å². The number of nitrogens with one attached hydrogen (secondary N) is 1. The number of nitrogens with zero attached hydrogens (tertiary/aromatic N) is 2. The molecule has 1 unspecified atom stereocenters. The van der Waals surface area contributed by atoms with E-state index in [4.69, 9.17) is 0 Å². The van der Waals surface area contributed by atoms with E-state index in [1.165, 1.54) is 18.4 Å². The van der Waals surface area contributed by atoms with Crippen molar-refractivity contribution in [2.75, 3.05) is 24.5 Å². The maximum Gasteiger partial charge on any atom is 0.271 e. The van der Waals surface area contributed by atoms with Gasteiger partial charge in [0.2, 0.25) is 0 Å². The van der Waals surface area contributed by atoms with Crippen LogP contribution in [-0.2, 0) is 5.41 Å². The summed E-state index contributed by atoms with van der Waals surface area (Å²) in [5, 5.41) is 14.5. The van der Waals surface area contributed by atoms with Crippen LogP contribution in [0, 0.1) is 16.0 Å². The highest BCUT2D eigenvalue weighted by molar-refractivity contribution is 5.66. The van der Waals surface area contributed by atoms with Crippen molar-refractivity contribution in [1.82, 2.24) is 5.32 Å². The molecule has 0 radical (unpaired) electrons. The third kappa shape index (κ3) is 2.58. The Labute approximate surface area is 131 Å². The maximum atomic E-state index is 11.1. The molecule has 22 heavy (non-hydrogen) atoms. The summed E-state index contributed by atoms with van der Waals surface area (Å²) in [6, 6.07) is 5.77. The van der Waals surface area contributed by atoms with Gasteiger partial charge >= 0.3 is 0 Å². The van der Waals surface area contributed by atoms with Crippen molar-refractivity contribution in [3.63, 3.8) is 0 Å². The second kappa shape index (κ2) is 5.54. The Kier molecular flexibility index (Phi) is 3.85. The summed E-state index contributed by atoms with van der Waals surface area (Å²) in [5.74, 6) is 0.655. The van der Waals surface area contributed by atoms with Crippen LogP contribution < -0.4 is 10.2 Å². The molecule has 5 heteroatoms. The monoisotopic (exact) mass is 303 g/mol. The second-order valence-electron chi connectivity index (χ2n) is 7.30. The van der Waals surface area contributed by atoms with E-state index in [9.17, 15) is 10.1 Å². The first kappa shape index (κ1) is 15.3. The summed E-state index contributed by atoms with van der Waals surface area (Å²) in [6.07, 6.45) is 2.37. The number of hydrogen-bond donors (Lipinski definition) is 1. The van der Waals surface area contributed by atoms with Crippen LogP contribution >= 0.6 is 0 Å². The number of fused-ring (bicyclic) bond motifs is 1. The quantitative estimate of drug-likeness (QED) is 0.688. The van der Waals surface area contributed by atoms with Crippen molar-refractivity contribution in [1.29, 1.82) is 0 Å². The molecular weight excluding hydrogens is 278 g/mol. The normalized spacial score (nSPS) is 22.4. The third-order valence-electron chi connectivity index (χ3n) is 5.35. The maximum absolute atomic E-state index is 11.1. The number of anilines is 1. The standard InChI is InChI=1S/C17H25N3O2/c1-12(13-6-8-18-9-7-13)19-11-17(2,3)15-5-4-14(20(21)22)10-16(15)19/h4-5,10,12-13,18H,6-9,11H2,1-3H3. The van der Waals surface area contributed by atoms with Crippen LogP contribution in [0.25, 0.3) is 0 Å². The highest BCUT2D eigenvalue weighted by Gasteiger charge is 2.39. The average molecular weight is 303 g/mol. The van der Waals surface area contributed by atoms with Crippen molar-refractivity contribution in [2.45, 2.75) is 45.1 Å². The van der Waals surface area contributed by atoms with Crippen LogP contribution in [0.4, 0.5) is 11.4 Å². The summed E-state index contributed by atoms with van der Waals surface area (Å²) < 4.78 is 0. The summed E-state index contributed by atoms with van der Waals surface area (Å²) >= 11 is 0. The van der Waals surface area contributed by atoms with E-state index in [2.05, 4.69) is 31.0 Å². The summed E-state index contributed by atoms with van der Waals surface area (Å²) in [6.45, 7) is 9.83. The Balaban J connectivity index is 1.94. The van der Waals surface area contributed by atoms with E-state index >= 15 is 0 Å². The van der Waals surface area contributed by atoms with Gasteiger partial charge in [-0.15, -0.1) is 0 Å². The highest BCUT2D eigenvalue weighted by Crippen LogP contribution is 2.44. The predicted octanol–water partition coefficient (Wildman–Crippen LogP) is 3.08. The molecule has 120 valence electrons. The topological polar surface area (TPSA) is 58.4 Å². The minimum absolute atomic E-state index is 0.0473. The lowest BCUT2D eigenvalue weighted by Crippen LogP contribution is -2.44. The van der Waals surface area contributed by atoms with Gasteiger partial charge in [-0.25, -0.2) is 0 Å². The van der Waals surface area contributed by atoms with E-state index in [1.807, 2.05) is 6.07 Å². The average Bonchev–Trinajstić information content (AvgIpc) is 2.78. The molecule has 5 nitrogen and oxygen atoms in total. The van der Waals surface area contributed by atoms with Gasteiger partial charge in [-0.1, -0.05) is 13.8 Å². The molecule has 2 heterocycles. The lowest BCUT2D eigenvalue weighted by atomic mass is 9.87. The molecule has 1 atom stereocenters. The largest absolute Gasteiger partial charge is 0.367 e. The van der Waals surface area contributed by atoms with Crippen LogP contribution in [0.15, 0.2) is 18.2 Å². The summed E-state index contributed by atoms with van der Waals surface area (Å²) in [4.78, 5) is 13.2. The molecule has 1 aromatic rings. The highest BCUT2D eigenvalue weighted by atomic mass is 16.6. The van der Waals surface area contributed by atoms with Crippen molar-refractivity contribution in [2.24, 2.45) is 5.92 Å². The SMILES string of the molecule is CC(C1CCNCC1)N1CC(C)(C)c2ccc([N+](=O)[O-])cc21. The van der Waals surface area contributed by atoms with E-state index < -0.39 is 0 Å². The Morgan fingerprint density at radius 1 is 1.36 bits per heavy atom. The first-order valence-corrected chi connectivity index (χ1v) is 8.16. The van der Waals surface area contributed by atoms with Crippen molar-refractivity contribution in [3.05, 3.63) is 33.9 Å². The molecule has 0 aromatic heterocycles. The van der Waals surface area contributed by atoms with E-state index in [0.717, 1.165) is 25.3 Å². The Morgan fingerprint density at radius 2 is 2.05 bits per heavy atom. The molecule has 1 aromatic carbocycles. The fraction of sp³-hybridized carbons (Fsp3) is 0.647. The lowest BCUT2D eigenvalue weighted by molar-refractivity contribution is -0.384. The molecule has 0 saturated carbocycles. The van der Waals surface area contributed by atoms with Gasteiger partial charge in [-0.2, -0.15) is 0 Å². The number of rotatable bonds is 3. The minimum Gasteiger partial charge on any atom is -0.367 e. The number of nitro groups is 1. The molecule has 2 aliphatic rings. The van der Waals surface area contributed by atoms with Crippen molar-refractivity contribution >= 4 is 11.4 Å². The van der Waals surface area contributed by atoms with Gasteiger partial charge in [0.05, 0.1) is 4.92 Å². The Hall–Kier alpha value is -1.62. The number of benzene rings is 1. The number of hydrogen-bond acceptors (Lipinski definition) is 4. The summed E-state index contributed by atoms with van der Waals surface area (Å²) in [7, 11) is 0. The number of nitro benzene ring substituents is 1. The molecule has 0 spiro atoms. The third-order valence-corrected chi connectivity index (χ3v) is 5.35. The number of non-ortho nitro benzene ring substituents is 1. The van der Waals surface area contributed by atoms with Gasteiger partial charge < -0.3 is 10.2 Å². The van der Waals surface area contributed by atoms with Crippen LogP contribution in [0.1, 0.15) is 39.2 Å². The minimum atomic E-state index is -0.293. The molecule has 3 rings (SSSR count). The predicted molar refractivity (Wildman–Crippen MR) is 88.5 cm³/mol. The van der Waals surface area contributed by atoms with E-state index in [0.29, 0.717) is 12.0 Å². The smallest absolute Gasteiger partial charge is 0.271 e. The van der Waals surface area contributed by atoms with Gasteiger partial charge in [-0.05, 0) is 50.4 Å². The van der Waals surface area contributed by atoms with E-state index in [-0.39, 0.29) is 16.0 Å². The molecular formula is C17H25N3O2. The van der Waals surface area contributed by atoms with Crippen LogP contribution in [0.3, 0.4) is 0 Å². The zero-order chi connectivity index (χ0) is 15.9. The van der Waals surface area contributed by atoms with Gasteiger partial charge in [0.1, 0.15) is 0 Å². The van der Waals surface area contributed by atoms with Gasteiger partial charge in [0.15, 0.2) is 0 Å². The molecule has 1 saturated heterocycles. The fourth-order valence-electron chi connectivity index (χ4n) is 3.98. The molecule has 1 fully saturated rings. The zero-order valence-electron chi connectivity index (χ0n) is 13.6. The van der Waals surface area contributed by atoms with Crippen LogP contribution in [-0.4, -0.2) is 30.6 Å².